The Balaban J connectivity index is 1.89. The maximum absolute atomic E-state index is 11.9. The van der Waals surface area contributed by atoms with Crippen LogP contribution in [0.2, 0.25) is 15.1 Å². The molecule has 0 bridgehead atoms. The van der Waals surface area contributed by atoms with Crippen molar-refractivity contribution < 1.29 is 14.3 Å². The molecule has 1 amide bonds. The minimum atomic E-state index is -0.710. The molecule has 10 heteroatoms. The van der Waals surface area contributed by atoms with Gasteiger partial charge in [-0.05, 0) is 12.1 Å². The quantitative estimate of drug-likeness (QED) is 0.392. The van der Waals surface area contributed by atoms with E-state index < -0.39 is 18.5 Å². The van der Waals surface area contributed by atoms with Crippen molar-refractivity contribution in [3.63, 3.8) is 0 Å². The van der Waals surface area contributed by atoms with Gasteiger partial charge in [0.2, 0.25) is 0 Å². The van der Waals surface area contributed by atoms with Crippen molar-refractivity contribution in [2.24, 2.45) is 0 Å². The van der Waals surface area contributed by atoms with E-state index in [9.17, 15) is 9.59 Å². The molecular formula is C15H12Cl3N3O3S. The number of ether oxygens (including phenoxy) is 1. The number of amides is 1. The highest BCUT2D eigenvalue weighted by molar-refractivity contribution is 7.13. The third kappa shape index (κ3) is 5.61. The van der Waals surface area contributed by atoms with Gasteiger partial charge in [0.1, 0.15) is 0 Å². The van der Waals surface area contributed by atoms with E-state index in [2.05, 4.69) is 22.2 Å². The van der Waals surface area contributed by atoms with Crippen LogP contribution in [0.5, 0.6) is 0 Å². The Morgan fingerprint density at radius 1 is 1.24 bits per heavy atom. The summed E-state index contributed by atoms with van der Waals surface area (Å²) in [6.07, 6.45) is 1.66. The van der Waals surface area contributed by atoms with Crippen LogP contribution in [0.3, 0.4) is 0 Å². The summed E-state index contributed by atoms with van der Waals surface area (Å²) in [6.45, 7) is 3.60. The molecule has 6 nitrogen and oxygen atoms in total. The van der Waals surface area contributed by atoms with Crippen LogP contribution in [0.4, 0.5) is 10.8 Å². The van der Waals surface area contributed by atoms with Gasteiger partial charge in [-0.3, -0.25) is 4.79 Å². The van der Waals surface area contributed by atoms with Crippen LogP contribution in [-0.4, -0.2) is 30.0 Å². The van der Waals surface area contributed by atoms with Crippen molar-refractivity contribution in [2.75, 3.05) is 23.8 Å². The van der Waals surface area contributed by atoms with E-state index in [4.69, 9.17) is 39.5 Å². The zero-order valence-corrected chi connectivity index (χ0v) is 15.7. The maximum Gasteiger partial charge on any atom is 0.358 e. The van der Waals surface area contributed by atoms with Crippen molar-refractivity contribution >= 4 is 68.8 Å². The minimum absolute atomic E-state index is 0.108. The highest BCUT2D eigenvalue weighted by Crippen LogP contribution is 2.32. The van der Waals surface area contributed by atoms with Gasteiger partial charge < -0.3 is 15.4 Å². The molecule has 0 atom stereocenters. The fraction of sp³-hybridized carbons (Fsp3) is 0.133. The molecular weight excluding hydrogens is 409 g/mol. The molecule has 0 saturated carbocycles. The lowest BCUT2D eigenvalue weighted by atomic mass is 10.3. The largest absolute Gasteiger partial charge is 0.451 e. The summed E-state index contributed by atoms with van der Waals surface area (Å²) in [7, 11) is 0. The molecule has 0 aliphatic carbocycles. The van der Waals surface area contributed by atoms with Crippen LogP contribution in [0.1, 0.15) is 10.5 Å². The van der Waals surface area contributed by atoms with E-state index in [1.807, 2.05) is 0 Å². The first kappa shape index (κ1) is 19.5. The summed E-state index contributed by atoms with van der Waals surface area (Å²) in [5.74, 6) is -1.29. The second-order valence-electron chi connectivity index (χ2n) is 4.58. The average Bonchev–Trinajstić information content (AvgIpc) is 3.04. The summed E-state index contributed by atoms with van der Waals surface area (Å²) in [5.41, 5.74) is 0.374. The molecule has 1 heterocycles. The number of thiazole rings is 1. The SMILES string of the molecule is C=CCNc1nc(C(=O)OCC(=O)Nc2cc(Cl)c(Cl)cc2Cl)cs1. The molecule has 0 saturated heterocycles. The number of aromatic nitrogens is 1. The summed E-state index contributed by atoms with van der Waals surface area (Å²) in [6, 6.07) is 2.81. The lowest BCUT2D eigenvalue weighted by Crippen LogP contribution is -2.21. The van der Waals surface area contributed by atoms with Crippen LogP contribution in [-0.2, 0) is 9.53 Å². The Kier molecular flexibility index (Phi) is 7.07. The number of hydrogen-bond donors (Lipinski definition) is 2. The number of rotatable bonds is 7. The Labute approximate surface area is 162 Å². The molecule has 1 aromatic carbocycles. The molecule has 2 rings (SSSR count). The molecule has 0 spiro atoms. The number of halogens is 3. The highest BCUT2D eigenvalue weighted by atomic mass is 35.5. The average molecular weight is 421 g/mol. The number of nitrogens with zero attached hydrogens (tertiary/aromatic N) is 1. The monoisotopic (exact) mass is 419 g/mol. The predicted molar refractivity (Wildman–Crippen MR) is 101 cm³/mol. The van der Waals surface area contributed by atoms with Gasteiger partial charge in [0, 0.05) is 11.9 Å². The first-order valence-corrected chi connectivity index (χ1v) is 8.84. The van der Waals surface area contributed by atoms with E-state index in [-0.39, 0.29) is 26.4 Å². The normalized spacial score (nSPS) is 10.2. The number of carbonyl (C=O) groups excluding carboxylic acids is 2. The van der Waals surface area contributed by atoms with Gasteiger partial charge in [-0.1, -0.05) is 40.9 Å². The van der Waals surface area contributed by atoms with E-state index in [0.29, 0.717) is 11.7 Å². The van der Waals surface area contributed by atoms with Crippen molar-refractivity contribution in [1.82, 2.24) is 4.98 Å². The summed E-state index contributed by atoms with van der Waals surface area (Å²) < 4.78 is 4.92. The van der Waals surface area contributed by atoms with Gasteiger partial charge in [0.15, 0.2) is 17.4 Å². The van der Waals surface area contributed by atoms with Crippen LogP contribution in [0, 0.1) is 0 Å². The summed E-state index contributed by atoms with van der Waals surface area (Å²) >= 11 is 18.9. The van der Waals surface area contributed by atoms with Gasteiger partial charge in [-0.25, -0.2) is 9.78 Å². The van der Waals surface area contributed by atoms with Crippen molar-refractivity contribution in [3.8, 4) is 0 Å². The predicted octanol–water partition coefficient (Wildman–Crippen LogP) is 4.50. The van der Waals surface area contributed by atoms with Gasteiger partial charge in [0.05, 0.1) is 20.8 Å². The fourth-order valence-electron chi connectivity index (χ4n) is 1.62. The minimum Gasteiger partial charge on any atom is -0.451 e. The molecule has 2 aromatic rings. The Morgan fingerprint density at radius 3 is 2.68 bits per heavy atom. The molecule has 0 aliphatic rings. The van der Waals surface area contributed by atoms with Crippen LogP contribution in [0.15, 0.2) is 30.2 Å². The summed E-state index contributed by atoms with van der Waals surface area (Å²) in [5, 5.41) is 8.23. The van der Waals surface area contributed by atoms with Crippen LogP contribution < -0.4 is 10.6 Å². The zero-order valence-electron chi connectivity index (χ0n) is 12.6. The first-order chi connectivity index (χ1) is 11.9. The van der Waals surface area contributed by atoms with Crippen LogP contribution >= 0.6 is 46.1 Å². The number of anilines is 2. The van der Waals surface area contributed by atoms with Gasteiger partial charge in [-0.15, -0.1) is 17.9 Å². The lowest BCUT2D eigenvalue weighted by molar-refractivity contribution is -0.119. The second-order valence-corrected chi connectivity index (χ2v) is 6.66. The molecule has 2 N–H and O–H groups in total. The molecule has 25 heavy (non-hydrogen) atoms. The third-order valence-electron chi connectivity index (χ3n) is 2.73. The van der Waals surface area contributed by atoms with E-state index >= 15 is 0 Å². The summed E-state index contributed by atoms with van der Waals surface area (Å²) in [4.78, 5) is 27.8. The number of carbonyl (C=O) groups is 2. The van der Waals surface area contributed by atoms with E-state index in [1.165, 1.54) is 28.8 Å². The zero-order chi connectivity index (χ0) is 18.4. The topological polar surface area (TPSA) is 80.3 Å². The highest BCUT2D eigenvalue weighted by Gasteiger charge is 2.15. The third-order valence-corrected chi connectivity index (χ3v) is 4.56. The first-order valence-electron chi connectivity index (χ1n) is 6.82. The van der Waals surface area contributed by atoms with E-state index in [0.717, 1.165) is 0 Å². The standard InChI is InChI=1S/C15H12Cl3N3O3S/c1-2-3-19-15-21-12(7-25-15)14(23)24-6-13(22)20-11-5-9(17)8(16)4-10(11)18/h2,4-5,7H,1,3,6H2,(H,19,21)(H,20,22). The second kappa shape index (κ2) is 9.05. The molecule has 0 fully saturated rings. The van der Waals surface area contributed by atoms with Gasteiger partial charge in [-0.2, -0.15) is 0 Å². The van der Waals surface area contributed by atoms with Crippen molar-refractivity contribution in [3.05, 3.63) is 50.9 Å². The van der Waals surface area contributed by atoms with Gasteiger partial charge in [0.25, 0.3) is 5.91 Å². The molecule has 0 aliphatic heterocycles. The van der Waals surface area contributed by atoms with Crippen molar-refractivity contribution in [2.45, 2.75) is 0 Å². The molecule has 0 radical (unpaired) electrons. The van der Waals surface area contributed by atoms with Crippen LogP contribution in [0.25, 0.3) is 0 Å². The Hall–Kier alpha value is -1.80. The number of esters is 1. The molecule has 0 unspecified atom stereocenters. The maximum atomic E-state index is 11.9. The van der Waals surface area contributed by atoms with Crippen molar-refractivity contribution in [1.29, 1.82) is 0 Å². The molecule has 132 valence electrons. The number of benzene rings is 1. The molecule has 1 aromatic heterocycles. The van der Waals surface area contributed by atoms with E-state index in [1.54, 1.807) is 6.08 Å². The fourth-order valence-corrected chi connectivity index (χ4v) is 2.90. The Bertz CT molecular complexity index is 811. The lowest BCUT2D eigenvalue weighted by Gasteiger charge is -2.09. The smallest absolute Gasteiger partial charge is 0.358 e. The number of nitrogens with one attached hydrogen (secondary N) is 2. The number of hydrogen-bond acceptors (Lipinski definition) is 6. The Morgan fingerprint density at radius 2 is 1.96 bits per heavy atom. The van der Waals surface area contributed by atoms with Gasteiger partial charge >= 0.3 is 5.97 Å².